The molecule has 0 unspecified atom stereocenters. The Bertz CT molecular complexity index is 616. The number of methoxy groups -OCH3 is 2. The van der Waals surface area contributed by atoms with Crippen molar-refractivity contribution in [3.8, 4) is 11.5 Å². The van der Waals surface area contributed by atoms with Crippen LogP contribution in [0.15, 0.2) is 17.0 Å². The zero-order valence-electron chi connectivity index (χ0n) is 11.1. The molecule has 0 saturated carbocycles. The van der Waals surface area contributed by atoms with E-state index in [1.165, 1.54) is 26.4 Å². The lowest BCUT2D eigenvalue weighted by molar-refractivity contribution is -0.137. The minimum absolute atomic E-state index is 0.0834. The Morgan fingerprint density at radius 2 is 1.80 bits per heavy atom. The highest BCUT2D eigenvalue weighted by atomic mass is 35.5. The molecule has 0 spiro atoms. The number of likely N-dealkylation sites (N-methyl/N-ethyl adjacent to an activating group) is 1. The van der Waals surface area contributed by atoms with Crippen molar-refractivity contribution in [3.05, 3.63) is 17.2 Å². The molecule has 1 rings (SSSR count). The minimum Gasteiger partial charge on any atom is -0.493 e. The standard InChI is InChI=1S/C11H14ClNO6S/c1-13(6-11(14)15)20(16,17)10-5-9(19-3)8(18-2)4-7(10)12/h4-5H,6H2,1-3H3,(H,14,15). The highest BCUT2D eigenvalue weighted by Crippen LogP contribution is 2.36. The summed E-state index contributed by atoms with van der Waals surface area (Å²) in [6.45, 7) is -0.674. The molecule has 0 radical (unpaired) electrons. The number of hydrogen-bond donors (Lipinski definition) is 1. The van der Waals surface area contributed by atoms with Gasteiger partial charge in [0.2, 0.25) is 10.0 Å². The highest BCUT2D eigenvalue weighted by Gasteiger charge is 2.27. The Kier molecular flexibility index (Phi) is 5.21. The summed E-state index contributed by atoms with van der Waals surface area (Å²) in [5.41, 5.74) is 0. The summed E-state index contributed by atoms with van der Waals surface area (Å²) in [7, 11) is -0.150. The molecule has 112 valence electrons. The molecule has 0 saturated heterocycles. The van der Waals surface area contributed by atoms with Crippen molar-refractivity contribution in [2.45, 2.75) is 4.90 Å². The van der Waals surface area contributed by atoms with Crippen molar-refractivity contribution < 1.29 is 27.8 Å². The second-order valence-corrected chi connectivity index (χ2v) is 6.21. The maximum absolute atomic E-state index is 12.2. The second kappa shape index (κ2) is 6.29. The highest BCUT2D eigenvalue weighted by molar-refractivity contribution is 7.89. The Hall–Kier alpha value is -1.51. The molecular formula is C11H14ClNO6S. The van der Waals surface area contributed by atoms with Crippen LogP contribution in [0.5, 0.6) is 11.5 Å². The van der Waals surface area contributed by atoms with Gasteiger partial charge >= 0.3 is 5.97 Å². The van der Waals surface area contributed by atoms with Gasteiger partial charge in [-0.2, -0.15) is 4.31 Å². The van der Waals surface area contributed by atoms with Gasteiger partial charge in [0.15, 0.2) is 11.5 Å². The molecule has 0 heterocycles. The van der Waals surface area contributed by atoms with Crippen molar-refractivity contribution in [2.24, 2.45) is 0 Å². The first-order valence-electron chi connectivity index (χ1n) is 5.33. The Balaban J connectivity index is 3.35. The third-order valence-corrected chi connectivity index (χ3v) is 4.75. The number of benzene rings is 1. The van der Waals surface area contributed by atoms with Gasteiger partial charge in [-0.1, -0.05) is 11.6 Å². The van der Waals surface area contributed by atoms with Crippen LogP contribution in [-0.4, -0.2) is 51.6 Å². The number of rotatable bonds is 6. The van der Waals surface area contributed by atoms with Crippen molar-refractivity contribution >= 4 is 27.6 Å². The smallest absolute Gasteiger partial charge is 0.318 e. The molecule has 0 bridgehead atoms. The van der Waals surface area contributed by atoms with Crippen molar-refractivity contribution in [2.75, 3.05) is 27.8 Å². The van der Waals surface area contributed by atoms with Crippen molar-refractivity contribution in [1.29, 1.82) is 0 Å². The van der Waals surface area contributed by atoms with Crippen molar-refractivity contribution in [1.82, 2.24) is 4.31 Å². The van der Waals surface area contributed by atoms with E-state index < -0.39 is 22.5 Å². The lowest BCUT2D eigenvalue weighted by Crippen LogP contribution is -2.32. The number of sulfonamides is 1. The summed E-state index contributed by atoms with van der Waals surface area (Å²) in [5, 5.41) is 8.58. The van der Waals surface area contributed by atoms with Crippen LogP contribution < -0.4 is 9.47 Å². The maximum atomic E-state index is 12.2. The van der Waals surface area contributed by atoms with E-state index in [1.807, 2.05) is 0 Å². The molecule has 1 aromatic carbocycles. The summed E-state index contributed by atoms with van der Waals surface area (Å²) >= 11 is 5.91. The number of halogens is 1. The van der Waals surface area contributed by atoms with Gasteiger partial charge in [-0.25, -0.2) is 8.42 Å². The first-order chi connectivity index (χ1) is 9.23. The third kappa shape index (κ3) is 3.33. The zero-order valence-corrected chi connectivity index (χ0v) is 12.7. The third-order valence-electron chi connectivity index (χ3n) is 2.48. The first kappa shape index (κ1) is 16.5. The van der Waals surface area contributed by atoms with Crippen LogP contribution in [0.1, 0.15) is 0 Å². The van der Waals surface area contributed by atoms with Gasteiger partial charge in [0.1, 0.15) is 11.4 Å². The van der Waals surface area contributed by atoms with Gasteiger partial charge in [0.25, 0.3) is 0 Å². The number of carbonyl (C=O) groups is 1. The quantitative estimate of drug-likeness (QED) is 0.841. The number of hydrogen-bond acceptors (Lipinski definition) is 5. The molecule has 0 fully saturated rings. The predicted molar refractivity (Wildman–Crippen MR) is 72.0 cm³/mol. The van der Waals surface area contributed by atoms with Gasteiger partial charge in [0.05, 0.1) is 19.2 Å². The number of carboxylic acid groups (broad SMARTS) is 1. The molecule has 0 aliphatic carbocycles. The fourth-order valence-corrected chi connectivity index (χ4v) is 3.10. The van der Waals surface area contributed by atoms with Crippen LogP contribution in [0.4, 0.5) is 0 Å². The summed E-state index contributed by atoms with van der Waals surface area (Å²) < 4.78 is 35.2. The van der Waals surface area contributed by atoms with Crippen LogP contribution in [0.2, 0.25) is 5.02 Å². The fraction of sp³-hybridized carbons (Fsp3) is 0.364. The second-order valence-electron chi connectivity index (χ2n) is 3.79. The molecular weight excluding hydrogens is 310 g/mol. The minimum atomic E-state index is -4.04. The largest absolute Gasteiger partial charge is 0.493 e. The van der Waals surface area contributed by atoms with E-state index in [0.29, 0.717) is 4.31 Å². The predicted octanol–water partition coefficient (Wildman–Crippen LogP) is 1.06. The molecule has 0 aliphatic heterocycles. The van der Waals surface area contributed by atoms with E-state index in [1.54, 1.807) is 0 Å². The van der Waals surface area contributed by atoms with Crippen LogP contribution in [0.3, 0.4) is 0 Å². The van der Waals surface area contributed by atoms with Crippen molar-refractivity contribution in [3.63, 3.8) is 0 Å². The van der Waals surface area contributed by atoms with Crippen LogP contribution in [-0.2, 0) is 14.8 Å². The average molecular weight is 324 g/mol. The molecule has 9 heteroatoms. The Morgan fingerprint density at radius 3 is 2.25 bits per heavy atom. The number of ether oxygens (including phenoxy) is 2. The first-order valence-corrected chi connectivity index (χ1v) is 7.15. The van der Waals surface area contributed by atoms with E-state index in [-0.39, 0.29) is 21.4 Å². The van der Waals surface area contributed by atoms with Gasteiger partial charge in [-0.15, -0.1) is 0 Å². The SMILES string of the molecule is COc1cc(Cl)c(S(=O)(=O)N(C)CC(=O)O)cc1OC. The Morgan fingerprint density at radius 1 is 1.30 bits per heavy atom. The average Bonchev–Trinajstić information content (AvgIpc) is 2.37. The molecule has 0 aliphatic rings. The van der Waals surface area contributed by atoms with Crippen LogP contribution in [0.25, 0.3) is 0 Å². The van der Waals surface area contributed by atoms with Crippen LogP contribution in [0, 0.1) is 0 Å². The Labute approximate surface area is 121 Å². The lowest BCUT2D eigenvalue weighted by atomic mass is 10.3. The van der Waals surface area contributed by atoms with Gasteiger partial charge in [-0.3, -0.25) is 4.79 Å². The van der Waals surface area contributed by atoms with Gasteiger partial charge < -0.3 is 14.6 Å². The molecule has 1 N–H and O–H groups in total. The number of carboxylic acids is 1. The zero-order chi connectivity index (χ0) is 15.5. The van der Waals surface area contributed by atoms with Gasteiger partial charge in [0, 0.05) is 19.2 Å². The topological polar surface area (TPSA) is 93.1 Å². The molecule has 1 aromatic rings. The molecule has 7 nitrogen and oxygen atoms in total. The lowest BCUT2D eigenvalue weighted by Gasteiger charge is -2.17. The van der Waals surface area contributed by atoms with Crippen LogP contribution >= 0.6 is 11.6 Å². The normalized spacial score (nSPS) is 11.4. The molecule has 0 aromatic heterocycles. The summed E-state index contributed by atoms with van der Waals surface area (Å²) in [4.78, 5) is 10.4. The maximum Gasteiger partial charge on any atom is 0.318 e. The van der Waals surface area contributed by atoms with E-state index >= 15 is 0 Å². The van der Waals surface area contributed by atoms with E-state index in [4.69, 9.17) is 26.2 Å². The summed E-state index contributed by atoms with van der Waals surface area (Å²) in [5.74, 6) is -0.816. The monoisotopic (exact) mass is 323 g/mol. The summed E-state index contributed by atoms with van der Waals surface area (Å²) in [6.07, 6.45) is 0. The van der Waals surface area contributed by atoms with E-state index in [0.717, 1.165) is 7.05 Å². The van der Waals surface area contributed by atoms with Gasteiger partial charge in [-0.05, 0) is 0 Å². The van der Waals surface area contributed by atoms with E-state index in [9.17, 15) is 13.2 Å². The molecule has 0 amide bonds. The summed E-state index contributed by atoms with van der Waals surface area (Å²) in [6, 6.07) is 2.48. The molecule has 0 atom stereocenters. The number of nitrogens with zero attached hydrogens (tertiary/aromatic N) is 1. The molecule has 20 heavy (non-hydrogen) atoms. The van der Waals surface area contributed by atoms with E-state index in [2.05, 4.69) is 0 Å². The fourth-order valence-electron chi connectivity index (χ4n) is 1.48. The number of aliphatic carboxylic acids is 1.